The minimum absolute atomic E-state index is 0.211. The predicted octanol–water partition coefficient (Wildman–Crippen LogP) is 4.34. The summed E-state index contributed by atoms with van der Waals surface area (Å²) >= 11 is 0. The molecule has 0 spiro atoms. The molecule has 1 aliphatic rings. The first-order chi connectivity index (χ1) is 11.6. The number of benzene rings is 2. The Bertz CT molecular complexity index is 724. The van der Waals surface area contributed by atoms with Crippen molar-refractivity contribution >= 4 is 0 Å². The molecule has 1 aliphatic heterocycles. The average Bonchev–Trinajstić information content (AvgIpc) is 2.58. The molecule has 3 heteroatoms. The summed E-state index contributed by atoms with van der Waals surface area (Å²) < 4.78 is 11.6. The van der Waals surface area contributed by atoms with E-state index in [1.165, 1.54) is 27.8 Å². The van der Waals surface area contributed by atoms with E-state index in [1.54, 1.807) is 0 Å². The normalized spacial score (nSPS) is 16.6. The van der Waals surface area contributed by atoms with E-state index in [9.17, 15) is 0 Å². The van der Waals surface area contributed by atoms with Gasteiger partial charge >= 0.3 is 0 Å². The van der Waals surface area contributed by atoms with Gasteiger partial charge in [-0.3, -0.25) is 0 Å². The van der Waals surface area contributed by atoms with E-state index in [1.807, 2.05) is 13.8 Å². The molecule has 128 valence electrons. The van der Waals surface area contributed by atoms with Gasteiger partial charge in [0.1, 0.15) is 0 Å². The summed E-state index contributed by atoms with van der Waals surface area (Å²) in [7, 11) is 0. The maximum absolute atomic E-state index is 5.83. The van der Waals surface area contributed by atoms with E-state index < -0.39 is 0 Å². The molecule has 3 rings (SSSR count). The Hall–Kier alpha value is -2.00. The minimum Gasteiger partial charge on any atom is -0.490 e. The van der Waals surface area contributed by atoms with Crippen LogP contribution in [0.4, 0.5) is 0 Å². The van der Waals surface area contributed by atoms with E-state index in [-0.39, 0.29) is 6.04 Å². The van der Waals surface area contributed by atoms with Gasteiger partial charge in [-0.2, -0.15) is 0 Å². The number of aryl methyl sites for hydroxylation is 2. The molecule has 24 heavy (non-hydrogen) atoms. The molecule has 2 aromatic rings. The summed E-state index contributed by atoms with van der Waals surface area (Å²) in [5.74, 6) is 1.70. The molecule has 3 nitrogen and oxygen atoms in total. The second kappa shape index (κ2) is 7.27. The lowest BCUT2D eigenvalue weighted by Gasteiger charge is -2.29. The van der Waals surface area contributed by atoms with Crippen molar-refractivity contribution < 1.29 is 9.47 Å². The van der Waals surface area contributed by atoms with Crippen molar-refractivity contribution in [1.82, 2.24) is 5.32 Å². The van der Waals surface area contributed by atoms with Gasteiger partial charge in [0.15, 0.2) is 11.5 Å². The van der Waals surface area contributed by atoms with Crippen molar-refractivity contribution in [3.8, 4) is 11.5 Å². The third kappa shape index (κ3) is 3.27. The molecule has 0 unspecified atom stereocenters. The van der Waals surface area contributed by atoms with Gasteiger partial charge in [0, 0.05) is 6.54 Å². The molecule has 0 aromatic heterocycles. The van der Waals surface area contributed by atoms with Crippen molar-refractivity contribution in [1.29, 1.82) is 0 Å². The van der Waals surface area contributed by atoms with Crippen LogP contribution in [-0.4, -0.2) is 19.8 Å². The van der Waals surface area contributed by atoms with Crippen LogP contribution in [0.2, 0.25) is 0 Å². The molecule has 0 amide bonds. The number of hydrogen-bond donors (Lipinski definition) is 1. The standard InChI is InChI=1S/C21H27NO2/c1-5-23-19-12-16-9-10-22-21(18(16)13-20(19)24-6-2)17-8-7-14(3)15(4)11-17/h7-8,11-13,21-22H,5-6,9-10H2,1-4H3/t21-/m0/s1. The molecule has 0 bridgehead atoms. The van der Waals surface area contributed by atoms with Crippen LogP contribution < -0.4 is 14.8 Å². The third-order valence-corrected chi connectivity index (χ3v) is 4.72. The first-order valence-corrected chi connectivity index (χ1v) is 8.87. The Balaban J connectivity index is 2.05. The maximum Gasteiger partial charge on any atom is 0.161 e. The highest BCUT2D eigenvalue weighted by atomic mass is 16.5. The Morgan fingerprint density at radius 1 is 0.958 bits per heavy atom. The Morgan fingerprint density at radius 3 is 2.33 bits per heavy atom. The largest absolute Gasteiger partial charge is 0.490 e. The van der Waals surface area contributed by atoms with Gasteiger partial charge in [-0.15, -0.1) is 0 Å². The average molecular weight is 325 g/mol. The molecular formula is C21H27NO2. The first-order valence-electron chi connectivity index (χ1n) is 8.87. The molecule has 0 saturated carbocycles. The van der Waals surface area contributed by atoms with Crippen molar-refractivity contribution in [3.63, 3.8) is 0 Å². The van der Waals surface area contributed by atoms with Crippen LogP contribution in [0.25, 0.3) is 0 Å². The smallest absolute Gasteiger partial charge is 0.161 e. The third-order valence-electron chi connectivity index (χ3n) is 4.72. The number of fused-ring (bicyclic) bond motifs is 1. The molecule has 1 N–H and O–H groups in total. The summed E-state index contributed by atoms with van der Waals surface area (Å²) in [5.41, 5.74) is 6.62. The molecular weight excluding hydrogens is 298 g/mol. The fourth-order valence-electron chi connectivity index (χ4n) is 3.34. The Morgan fingerprint density at radius 2 is 1.67 bits per heavy atom. The van der Waals surface area contributed by atoms with Crippen molar-refractivity contribution in [2.24, 2.45) is 0 Å². The van der Waals surface area contributed by atoms with E-state index in [0.29, 0.717) is 13.2 Å². The van der Waals surface area contributed by atoms with E-state index in [0.717, 1.165) is 24.5 Å². The zero-order valence-corrected chi connectivity index (χ0v) is 15.1. The lowest BCUT2D eigenvalue weighted by atomic mass is 9.88. The predicted molar refractivity (Wildman–Crippen MR) is 98.2 cm³/mol. The summed E-state index contributed by atoms with van der Waals surface area (Å²) in [6, 6.07) is 11.3. The highest BCUT2D eigenvalue weighted by Gasteiger charge is 2.24. The van der Waals surface area contributed by atoms with Gasteiger partial charge in [0.05, 0.1) is 19.3 Å². The summed E-state index contributed by atoms with van der Waals surface area (Å²) in [4.78, 5) is 0. The number of ether oxygens (including phenoxy) is 2. The van der Waals surface area contributed by atoms with E-state index >= 15 is 0 Å². The van der Waals surface area contributed by atoms with Crippen LogP contribution in [0.5, 0.6) is 11.5 Å². The van der Waals surface area contributed by atoms with Crippen LogP contribution >= 0.6 is 0 Å². The fraction of sp³-hybridized carbons (Fsp3) is 0.429. The van der Waals surface area contributed by atoms with E-state index in [4.69, 9.17) is 9.47 Å². The van der Waals surface area contributed by atoms with Crippen LogP contribution in [-0.2, 0) is 6.42 Å². The maximum atomic E-state index is 5.83. The fourth-order valence-corrected chi connectivity index (χ4v) is 3.34. The number of hydrogen-bond acceptors (Lipinski definition) is 3. The lowest BCUT2D eigenvalue weighted by Crippen LogP contribution is -2.30. The highest BCUT2D eigenvalue weighted by molar-refractivity contribution is 5.52. The van der Waals surface area contributed by atoms with Gasteiger partial charge in [-0.25, -0.2) is 0 Å². The molecule has 0 fully saturated rings. The van der Waals surface area contributed by atoms with Gasteiger partial charge in [-0.1, -0.05) is 18.2 Å². The lowest BCUT2D eigenvalue weighted by molar-refractivity contribution is 0.286. The van der Waals surface area contributed by atoms with Crippen LogP contribution in [0.15, 0.2) is 30.3 Å². The van der Waals surface area contributed by atoms with Gasteiger partial charge in [-0.05, 0) is 74.1 Å². The van der Waals surface area contributed by atoms with E-state index in [2.05, 4.69) is 49.5 Å². The van der Waals surface area contributed by atoms with Crippen LogP contribution in [0.1, 0.15) is 47.7 Å². The number of nitrogens with one attached hydrogen (secondary N) is 1. The molecule has 0 aliphatic carbocycles. The molecule has 1 atom stereocenters. The molecule has 2 aromatic carbocycles. The van der Waals surface area contributed by atoms with Crippen molar-refractivity contribution in [2.45, 2.75) is 40.2 Å². The van der Waals surface area contributed by atoms with Gasteiger partial charge < -0.3 is 14.8 Å². The topological polar surface area (TPSA) is 30.5 Å². The molecule has 1 heterocycles. The highest BCUT2D eigenvalue weighted by Crippen LogP contribution is 2.38. The Labute approximate surface area is 145 Å². The minimum atomic E-state index is 0.211. The van der Waals surface area contributed by atoms with Crippen LogP contribution in [0.3, 0.4) is 0 Å². The van der Waals surface area contributed by atoms with Gasteiger partial charge in [0.25, 0.3) is 0 Å². The summed E-state index contributed by atoms with van der Waals surface area (Å²) in [6.45, 7) is 10.6. The van der Waals surface area contributed by atoms with Crippen LogP contribution in [0, 0.1) is 13.8 Å². The second-order valence-corrected chi connectivity index (χ2v) is 6.34. The molecule has 0 saturated heterocycles. The monoisotopic (exact) mass is 325 g/mol. The van der Waals surface area contributed by atoms with Crippen molar-refractivity contribution in [2.75, 3.05) is 19.8 Å². The number of rotatable bonds is 5. The SMILES string of the molecule is CCOc1cc2c(cc1OCC)[C@H](c1ccc(C)c(C)c1)NCC2. The zero-order valence-electron chi connectivity index (χ0n) is 15.1. The van der Waals surface area contributed by atoms with Gasteiger partial charge in [0.2, 0.25) is 0 Å². The first kappa shape index (κ1) is 16.8. The Kier molecular flexibility index (Phi) is 5.10. The molecule has 0 radical (unpaired) electrons. The van der Waals surface area contributed by atoms with Crippen molar-refractivity contribution in [3.05, 3.63) is 58.1 Å². The quantitative estimate of drug-likeness (QED) is 0.887. The second-order valence-electron chi connectivity index (χ2n) is 6.34. The summed E-state index contributed by atoms with van der Waals surface area (Å²) in [5, 5.41) is 3.66. The zero-order chi connectivity index (χ0) is 17.1. The summed E-state index contributed by atoms with van der Waals surface area (Å²) in [6.07, 6.45) is 1.02.